The van der Waals surface area contributed by atoms with Crippen molar-refractivity contribution in [2.75, 3.05) is 38.1 Å². The summed E-state index contributed by atoms with van der Waals surface area (Å²) in [5.41, 5.74) is 0.893. The molecule has 9 heteroatoms. The Balaban J connectivity index is 0.00000363. The van der Waals surface area contributed by atoms with E-state index in [2.05, 4.69) is 27.8 Å². The highest BCUT2D eigenvalue weighted by molar-refractivity contribution is 14.0. The Morgan fingerprint density at radius 1 is 1.19 bits per heavy atom. The third-order valence-electron chi connectivity index (χ3n) is 5.32. The van der Waals surface area contributed by atoms with E-state index < -0.39 is 5.60 Å². The number of aliphatic imine (C=N–C) groups is 1. The molecule has 1 aliphatic heterocycles. The first-order valence-electron chi connectivity index (χ1n) is 10.9. The lowest BCUT2D eigenvalue weighted by atomic mass is 10.1. The van der Waals surface area contributed by atoms with E-state index in [9.17, 15) is 9.18 Å². The second-order valence-electron chi connectivity index (χ2n) is 8.95. The number of halogens is 2. The SMILES string of the molecule is CN=C(NCc1ccc(N2CCN(C(=O)OC(C)(C)C)CC2)c(F)c1)NC1CC=CC1.I. The maximum atomic E-state index is 14.8. The minimum atomic E-state index is -0.518. The van der Waals surface area contributed by atoms with E-state index >= 15 is 0 Å². The lowest BCUT2D eigenvalue weighted by Gasteiger charge is -2.36. The fourth-order valence-electron chi connectivity index (χ4n) is 3.68. The van der Waals surface area contributed by atoms with Gasteiger partial charge in [0, 0.05) is 45.8 Å². The van der Waals surface area contributed by atoms with Crippen LogP contribution >= 0.6 is 24.0 Å². The van der Waals surface area contributed by atoms with Crippen molar-refractivity contribution < 1.29 is 13.9 Å². The summed E-state index contributed by atoms with van der Waals surface area (Å²) >= 11 is 0. The van der Waals surface area contributed by atoms with Crippen molar-refractivity contribution in [1.82, 2.24) is 15.5 Å². The summed E-state index contributed by atoms with van der Waals surface area (Å²) < 4.78 is 20.2. The average Bonchev–Trinajstić information content (AvgIpc) is 3.23. The van der Waals surface area contributed by atoms with Gasteiger partial charge in [0.15, 0.2) is 5.96 Å². The van der Waals surface area contributed by atoms with Crippen LogP contribution in [-0.4, -0.2) is 61.8 Å². The highest BCUT2D eigenvalue weighted by Gasteiger charge is 2.26. The lowest BCUT2D eigenvalue weighted by Crippen LogP contribution is -2.50. The standard InChI is InChI=1S/C23H34FN5O2.HI/c1-23(2,3)31-22(30)29-13-11-28(12-14-29)20-10-9-17(15-19(20)24)16-26-21(25-4)27-18-7-5-6-8-18;/h5-6,9-10,15,18H,7-8,11-14,16H2,1-4H3,(H2,25,26,27);1H. The summed E-state index contributed by atoms with van der Waals surface area (Å²) in [7, 11) is 1.73. The zero-order valence-electron chi connectivity index (χ0n) is 19.4. The van der Waals surface area contributed by atoms with Crippen LogP contribution in [0.25, 0.3) is 0 Å². The number of nitrogens with one attached hydrogen (secondary N) is 2. The summed E-state index contributed by atoms with van der Waals surface area (Å²) in [4.78, 5) is 20.1. The molecule has 0 radical (unpaired) electrons. The van der Waals surface area contributed by atoms with E-state index in [-0.39, 0.29) is 35.9 Å². The van der Waals surface area contributed by atoms with Crippen molar-refractivity contribution >= 4 is 41.7 Å². The molecule has 0 atom stereocenters. The van der Waals surface area contributed by atoms with Crippen molar-refractivity contribution in [3.8, 4) is 0 Å². The zero-order chi connectivity index (χ0) is 22.4. The Kier molecular flexibility index (Phi) is 9.60. The molecular weight excluding hydrogens is 524 g/mol. The molecule has 1 aromatic rings. The Morgan fingerprint density at radius 2 is 1.84 bits per heavy atom. The molecule has 0 bridgehead atoms. The van der Waals surface area contributed by atoms with E-state index in [0.717, 1.165) is 24.4 Å². The highest BCUT2D eigenvalue weighted by atomic mass is 127. The predicted octanol–water partition coefficient (Wildman–Crippen LogP) is 3.88. The smallest absolute Gasteiger partial charge is 0.410 e. The second-order valence-corrected chi connectivity index (χ2v) is 8.95. The number of guanidine groups is 1. The van der Waals surface area contributed by atoms with Crippen LogP contribution in [-0.2, 0) is 11.3 Å². The molecule has 0 spiro atoms. The van der Waals surface area contributed by atoms with Gasteiger partial charge in [0.25, 0.3) is 0 Å². The van der Waals surface area contributed by atoms with E-state index in [4.69, 9.17) is 4.74 Å². The monoisotopic (exact) mass is 559 g/mol. The first kappa shape index (κ1) is 26.2. The first-order valence-corrected chi connectivity index (χ1v) is 10.9. The number of hydrogen-bond acceptors (Lipinski definition) is 4. The molecule has 1 heterocycles. The molecule has 1 fully saturated rings. The number of benzene rings is 1. The molecule has 2 N–H and O–H groups in total. The van der Waals surface area contributed by atoms with Gasteiger partial charge in [-0.3, -0.25) is 4.99 Å². The van der Waals surface area contributed by atoms with Crippen LogP contribution in [0.1, 0.15) is 39.2 Å². The third-order valence-corrected chi connectivity index (χ3v) is 5.32. The largest absolute Gasteiger partial charge is 0.444 e. The minimum Gasteiger partial charge on any atom is -0.444 e. The minimum absolute atomic E-state index is 0. The average molecular weight is 559 g/mol. The van der Waals surface area contributed by atoms with E-state index in [1.807, 2.05) is 37.8 Å². The van der Waals surface area contributed by atoms with Gasteiger partial charge in [-0.1, -0.05) is 18.2 Å². The number of carbonyl (C=O) groups excluding carboxylic acids is 1. The van der Waals surface area contributed by atoms with Crippen molar-refractivity contribution in [3.63, 3.8) is 0 Å². The number of anilines is 1. The fraction of sp³-hybridized carbons (Fsp3) is 0.565. The van der Waals surface area contributed by atoms with Crippen LogP contribution in [0, 0.1) is 5.82 Å². The van der Waals surface area contributed by atoms with Gasteiger partial charge in [0.05, 0.1) is 5.69 Å². The van der Waals surface area contributed by atoms with E-state index in [1.54, 1.807) is 18.0 Å². The molecule has 0 aromatic heterocycles. The molecule has 3 rings (SSSR count). The van der Waals surface area contributed by atoms with Gasteiger partial charge in [-0.25, -0.2) is 9.18 Å². The molecule has 178 valence electrons. The molecule has 1 aromatic carbocycles. The van der Waals surface area contributed by atoms with Crippen LogP contribution < -0.4 is 15.5 Å². The molecule has 1 aliphatic carbocycles. The Morgan fingerprint density at radius 3 is 2.41 bits per heavy atom. The lowest BCUT2D eigenvalue weighted by molar-refractivity contribution is 0.0240. The van der Waals surface area contributed by atoms with Gasteiger partial charge < -0.3 is 25.2 Å². The molecular formula is C23H35FIN5O2. The quantitative estimate of drug-likeness (QED) is 0.254. The van der Waals surface area contributed by atoms with Gasteiger partial charge in [-0.05, 0) is 51.3 Å². The van der Waals surface area contributed by atoms with Crippen molar-refractivity contribution in [1.29, 1.82) is 0 Å². The number of carbonyl (C=O) groups is 1. The van der Waals surface area contributed by atoms with Crippen LogP contribution in [0.15, 0.2) is 35.3 Å². The van der Waals surface area contributed by atoms with Gasteiger partial charge in [-0.2, -0.15) is 0 Å². The molecule has 0 saturated carbocycles. The summed E-state index contributed by atoms with van der Waals surface area (Å²) in [5.74, 6) is 0.462. The topological polar surface area (TPSA) is 69.2 Å². The number of hydrogen-bond donors (Lipinski definition) is 2. The third kappa shape index (κ3) is 7.53. The van der Waals surface area contributed by atoms with Crippen molar-refractivity contribution in [2.24, 2.45) is 4.99 Å². The van der Waals surface area contributed by atoms with Crippen LogP contribution in [0.5, 0.6) is 0 Å². The Labute approximate surface area is 207 Å². The summed E-state index contributed by atoms with van der Waals surface area (Å²) in [6, 6.07) is 5.67. The maximum absolute atomic E-state index is 14.8. The number of amides is 1. The van der Waals surface area contributed by atoms with Crippen molar-refractivity contribution in [3.05, 3.63) is 41.7 Å². The first-order chi connectivity index (χ1) is 14.7. The molecule has 2 aliphatic rings. The summed E-state index contributed by atoms with van der Waals surface area (Å²) in [5, 5.41) is 6.62. The Hall–Kier alpha value is -2.04. The van der Waals surface area contributed by atoms with Crippen molar-refractivity contribution in [2.45, 2.75) is 51.8 Å². The highest BCUT2D eigenvalue weighted by Crippen LogP contribution is 2.23. The van der Waals surface area contributed by atoms with Crippen LogP contribution in [0.4, 0.5) is 14.9 Å². The van der Waals surface area contributed by atoms with Gasteiger partial charge in [0.1, 0.15) is 11.4 Å². The number of nitrogens with zero attached hydrogens (tertiary/aromatic N) is 3. The zero-order valence-corrected chi connectivity index (χ0v) is 21.7. The second kappa shape index (κ2) is 11.7. The molecule has 0 unspecified atom stereocenters. The number of piperazine rings is 1. The predicted molar refractivity (Wildman–Crippen MR) is 137 cm³/mol. The van der Waals surface area contributed by atoms with Gasteiger partial charge >= 0.3 is 6.09 Å². The van der Waals surface area contributed by atoms with E-state index in [0.29, 0.717) is 44.5 Å². The fourth-order valence-corrected chi connectivity index (χ4v) is 3.68. The summed E-state index contributed by atoms with van der Waals surface area (Å²) in [6.07, 6.45) is 5.99. The van der Waals surface area contributed by atoms with Crippen LogP contribution in [0.3, 0.4) is 0 Å². The van der Waals surface area contributed by atoms with Crippen LogP contribution in [0.2, 0.25) is 0 Å². The normalized spacial score (nSPS) is 17.2. The Bertz CT molecular complexity index is 824. The maximum Gasteiger partial charge on any atom is 0.410 e. The van der Waals surface area contributed by atoms with Gasteiger partial charge in [-0.15, -0.1) is 24.0 Å². The van der Waals surface area contributed by atoms with E-state index in [1.165, 1.54) is 0 Å². The molecule has 1 saturated heterocycles. The summed E-state index contributed by atoms with van der Waals surface area (Å²) in [6.45, 7) is 8.20. The number of ether oxygens (including phenoxy) is 1. The molecule has 1 amide bonds. The number of rotatable bonds is 4. The van der Waals surface area contributed by atoms with Gasteiger partial charge in [0.2, 0.25) is 0 Å². The molecule has 32 heavy (non-hydrogen) atoms. The molecule has 7 nitrogen and oxygen atoms in total.